The molecule has 0 bridgehead atoms. The minimum Gasteiger partial charge on any atom is -0.302 e. The van der Waals surface area contributed by atoms with E-state index in [1.54, 1.807) is 23.5 Å². The average Bonchev–Trinajstić information content (AvgIpc) is 2.88. The van der Waals surface area contributed by atoms with E-state index in [9.17, 15) is 4.39 Å². The average molecular weight is 277 g/mol. The van der Waals surface area contributed by atoms with Gasteiger partial charge in [-0.1, -0.05) is 32.0 Å². The highest BCUT2D eigenvalue weighted by Gasteiger charge is 2.19. The summed E-state index contributed by atoms with van der Waals surface area (Å²) in [6.07, 6.45) is 0. The second-order valence-electron chi connectivity index (χ2n) is 5.18. The van der Waals surface area contributed by atoms with E-state index in [4.69, 9.17) is 0 Å². The second-order valence-corrected chi connectivity index (χ2v) is 6.16. The molecule has 0 fully saturated rings. The largest absolute Gasteiger partial charge is 0.302 e. The van der Waals surface area contributed by atoms with Gasteiger partial charge in [0.2, 0.25) is 0 Å². The Morgan fingerprint density at radius 2 is 1.89 bits per heavy atom. The zero-order valence-electron chi connectivity index (χ0n) is 11.6. The molecule has 0 spiro atoms. The van der Waals surface area contributed by atoms with Gasteiger partial charge in [-0.25, -0.2) is 4.39 Å². The molecule has 1 unspecified atom stereocenters. The Labute approximate surface area is 118 Å². The molecule has 0 saturated carbocycles. The molecule has 1 nitrogen and oxygen atoms in total. The summed E-state index contributed by atoms with van der Waals surface area (Å²) < 4.78 is 13.3. The second kappa shape index (κ2) is 6.31. The van der Waals surface area contributed by atoms with Crippen molar-refractivity contribution in [3.8, 4) is 0 Å². The van der Waals surface area contributed by atoms with Gasteiger partial charge < -0.3 is 5.32 Å². The SMILES string of the molecule is CC(C)C(N[C@@H](C)c1cccc(F)c1)c1cccs1. The summed E-state index contributed by atoms with van der Waals surface area (Å²) in [5.74, 6) is 0.318. The molecule has 1 heterocycles. The Bertz CT molecular complexity index is 507. The van der Waals surface area contributed by atoms with Crippen molar-refractivity contribution < 1.29 is 4.39 Å². The zero-order valence-corrected chi connectivity index (χ0v) is 12.4. The van der Waals surface area contributed by atoms with Crippen LogP contribution in [0.4, 0.5) is 4.39 Å². The van der Waals surface area contributed by atoms with Crippen LogP contribution in [-0.4, -0.2) is 0 Å². The lowest BCUT2D eigenvalue weighted by Crippen LogP contribution is -2.27. The quantitative estimate of drug-likeness (QED) is 0.816. The fraction of sp³-hybridized carbons (Fsp3) is 0.375. The molecule has 3 heteroatoms. The topological polar surface area (TPSA) is 12.0 Å². The predicted molar refractivity (Wildman–Crippen MR) is 79.8 cm³/mol. The lowest BCUT2D eigenvalue weighted by Gasteiger charge is -2.26. The Balaban J connectivity index is 2.14. The maximum absolute atomic E-state index is 13.3. The van der Waals surface area contributed by atoms with E-state index in [0.29, 0.717) is 12.0 Å². The fourth-order valence-corrected chi connectivity index (χ4v) is 3.17. The standard InChI is InChI=1S/C16H20FNS/c1-11(2)16(15-8-5-9-19-15)18-12(3)13-6-4-7-14(17)10-13/h4-12,16,18H,1-3H3/t12-,16?/m0/s1. The first kappa shape index (κ1) is 14.2. The molecular weight excluding hydrogens is 257 g/mol. The minimum absolute atomic E-state index is 0.130. The van der Waals surface area contributed by atoms with Gasteiger partial charge in [0, 0.05) is 17.0 Å². The van der Waals surface area contributed by atoms with Crippen LogP contribution in [0.1, 0.15) is 43.3 Å². The van der Waals surface area contributed by atoms with Crippen LogP contribution >= 0.6 is 11.3 Å². The number of benzene rings is 1. The van der Waals surface area contributed by atoms with Crippen molar-refractivity contribution in [2.45, 2.75) is 32.9 Å². The van der Waals surface area contributed by atoms with Gasteiger partial charge in [-0.2, -0.15) is 0 Å². The van der Waals surface area contributed by atoms with E-state index in [0.717, 1.165) is 5.56 Å². The third kappa shape index (κ3) is 3.64. The summed E-state index contributed by atoms with van der Waals surface area (Å²) in [7, 11) is 0. The van der Waals surface area contributed by atoms with Crippen molar-refractivity contribution >= 4 is 11.3 Å². The Morgan fingerprint density at radius 3 is 2.47 bits per heavy atom. The predicted octanol–water partition coefficient (Wildman–Crippen LogP) is 4.94. The highest BCUT2D eigenvalue weighted by atomic mass is 32.1. The molecule has 0 aliphatic carbocycles. The van der Waals surface area contributed by atoms with Crippen LogP contribution in [0, 0.1) is 11.7 Å². The Kier molecular flexibility index (Phi) is 4.72. The van der Waals surface area contributed by atoms with Gasteiger partial charge in [-0.05, 0) is 42.0 Å². The lowest BCUT2D eigenvalue weighted by atomic mass is 10.00. The fourth-order valence-electron chi connectivity index (χ4n) is 2.21. The zero-order chi connectivity index (χ0) is 13.8. The smallest absolute Gasteiger partial charge is 0.123 e. The molecule has 1 aromatic carbocycles. The van der Waals surface area contributed by atoms with Gasteiger partial charge >= 0.3 is 0 Å². The van der Waals surface area contributed by atoms with E-state index in [1.807, 2.05) is 6.07 Å². The van der Waals surface area contributed by atoms with Crippen molar-refractivity contribution in [2.24, 2.45) is 5.92 Å². The molecule has 2 atom stereocenters. The third-order valence-corrected chi connectivity index (χ3v) is 4.25. The molecule has 2 rings (SSSR count). The first-order valence-electron chi connectivity index (χ1n) is 6.63. The number of thiophene rings is 1. The summed E-state index contributed by atoms with van der Waals surface area (Å²) in [4.78, 5) is 1.33. The van der Waals surface area contributed by atoms with Gasteiger partial charge in [0.05, 0.1) is 0 Å². The molecular formula is C16H20FNS. The van der Waals surface area contributed by atoms with Crippen LogP contribution in [0.5, 0.6) is 0 Å². The van der Waals surface area contributed by atoms with Crippen molar-refractivity contribution in [1.82, 2.24) is 5.32 Å². The summed E-state index contributed by atoms with van der Waals surface area (Å²) in [6, 6.07) is 11.5. The van der Waals surface area contributed by atoms with Crippen LogP contribution in [0.2, 0.25) is 0 Å². The Morgan fingerprint density at radius 1 is 1.11 bits per heavy atom. The van der Waals surface area contributed by atoms with E-state index in [2.05, 4.69) is 43.6 Å². The molecule has 1 N–H and O–H groups in total. The van der Waals surface area contributed by atoms with Gasteiger partial charge in [-0.3, -0.25) is 0 Å². The normalized spacial score (nSPS) is 14.6. The van der Waals surface area contributed by atoms with Crippen LogP contribution in [0.15, 0.2) is 41.8 Å². The van der Waals surface area contributed by atoms with Crippen LogP contribution in [-0.2, 0) is 0 Å². The molecule has 0 saturated heterocycles. The van der Waals surface area contributed by atoms with Crippen molar-refractivity contribution in [2.75, 3.05) is 0 Å². The number of nitrogens with one attached hydrogen (secondary N) is 1. The van der Waals surface area contributed by atoms with Gasteiger partial charge in [0.25, 0.3) is 0 Å². The van der Waals surface area contributed by atoms with E-state index < -0.39 is 0 Å². The van der Waals surface area contributed by atoms with E-state index >= 15 is 0 Å². The van der Waals surface area contributed by atoms with Gasteiger partial charge in [0.15, 0.2) is 0 Å². The molecule has 2 aromatic rings. The molecule has 0 radical (unpaired) electrons. The number of hydrogen-bond acceptors (Lipinski definition) is 2. The lowest BCUT2D eigenvalue weighted by molar-refractivity contribution is 0.379. The van der Waals surface area contributed by atoms with E-state index in [-0.39, 0.29) is 11.9 Å². The summed E-state index contributed by atoms with van der Waals surface area (Å²) in [5, 5.41) is 5.70. The van der Waals surface area contributed by atoms with Crippen LogP contribution in [0.25, 0.3) is 0 Å². The summed E-state index contributed by atoms with van der Waals surface area (Å²) in [6.45, 7) is 6.49. The Hall–Kier alpha value is -1.19. The molecule has 102 valence electrons. The number of halogens is 1. The highest BCUT2D eigenvalue weighted by Crippen LogP contribution is 2.28. The number of rotatable bonds is 5. The molecule has 1 aromatic heterocycles. The van der Waals surface area contributed by atoms with Gasteiger partial charge in [-0.15, -0.1) is 11.3 Å². The van der Waals surface area contributed by atoms with Crippen molar-refractivity contribution in [3.63, 3.8) is 0 Å². The first-order valence-corrected chi connectivity index (χ1v) is 7.51. The maximum Gasteiger partial charge on any atom is 0.123 e. The summed E-state index contributed by atoms with van der Waals surface area (Å²) in [5.41, 5.74) is 0.988. The minimum atomic E-state index is -0.177. The molecule has 0 amide bonds. The van der Waals surface area contributed by atoms with Crippen LogP contribution < -0.4 is 5.32 Å². The van der Waals surface area contributed by atoms with Crippen LogP contribution in [0.3, 0.4) is 0 Å². The summed E-state index contributed by atoms with van der Waals surface area (Å²) >= 11 is 1.76. The molecule has 0 aliphatic rings. The molecule has 0 aliphatic heterocycles. The molecule has 19 heavy (non-hydrogen) atoms. The third-order valence-electron chi connectivity index (χ3n) is 3.29. The van der Waals surface area contributed by atoms with E-state index in [1.165, 1.54) is 10.9 Å². The van der Waals surface area contributed by atoms with Gasteiger partial charge in [0.1, 0.15) is 5.82 Å². The number of hydrogen-bond donors (Lipinski definition) is 1. The van der Waals surface area contributed by atoms with Crippen molar-refractivity contribution in [3.05, 3.63) is 58.0 Å². The first-order chi connectivity index (χ1) is 9.08. The van der Waals surface area contributed by atoms with Crippen molar-refractivity contribution in [1.29, 1.82) is 0 Å². The monoisotopic (exact) mass is 277 g/mol. The highest BCUT2D eigenvalue weighted by molar-refractivity contribution is 7.10. The maximum atomic E-state index is 13.3.